The molecule has 2 aromatic carbocycles. The first kappa shape index (κ1) is 20.2. The smallest absolute Gasteiger partial charge is 0.263 e. The van der Waals surface area contributed by atoms with Crippen molar-refractivity contribution in [2.24, 2.45) is 0 Å². The number of ketones is 1. The van der Waals surface area contributed by atoms with E-state index in [4.69, 9.17) is 4.98 Å². The molecule has 4 nitrogen and oxygen atoms in total. The van der Waals surface area contributed by atoms with E-state index in [-0.39, 0.29) is 11.3 Å². The molecule has 0 saturated carbocycles. The quantitative estimate of drug-likeness (QED) is 0.419. The number of aryl methyl sites for hydroxylation is 3. The highest BCUT2D eigenvalue weighted by Crippen LogP contribution is 2.37. The molecular formula is C25H24N2O2S. The molecule has 0 atom stereocenters. The van der Waals surface area contributed by atoms with E-state index in [9.17, 15) is 9.59 Å². The normalized spacial score (nSPS) is 11.2. The van der Waals surface area contributed by atoms with E-state index in [2.05, 4.69) is 32.0 Å². The van der Waals surface area contributed by atoms with Crippen LogP contribution in [-0.4, -0.2) is 15.3 Å². The molecule has 0 aliphatic rings. The van der Waals surface area contributed by atoms with Crippen LogP contribution in [-0.2, 0) is 11.3 Å². The molecule has 2 aromatic heterocycles. The molecule has 2 heterocycles. The first-order valence-corrected chi connectivity index (χ1v) is 10.8. The largest absolute Gasteiger partial charge is 0.300 e. The molecule has 5 heteroatoms. The number of carbonyl (C=O) groups is 1. The average Bonchev–Trinajstić information content (AvgIpc) is 3.06. The molecule has 0 fully saturated rings. The van der Waals surface area contributed by atoms with Crippen LogP contribution in [0.2, 0.25) is 0 Å². The Hall–Kier alpha value is -3.05. The van der Waals surface area contributed by atoms with E-state index in [1.54, 1.807) is 22.8 Å². The molecule has 0 amide bonds. The molecule has 0 spiro atoms. The summed E-state index contributed by atoms with van der Waals surface area (Å²) in [6.45, 7) is 8.08. The lowest BCUT2D eigenvalue weighted by molar-refractivity contribution is -0.117. The summed E-state index contributed by atoms with van der Waals surface area (Å²) < 4.78 is 1.66. The zero-order valence-corrected chi connectivity index (χ0v) is 18.5. The average molecular weight is 417 g/mol. The van der Waals surface area contributed by atoms with Gasteiger partial charge in [0.05, 0.1) is 5.39 Å². The number of carbonyl (C=O) groups excluding carboxylic acids is 1. The van der Waals surface area contributed by atoms with Gasteiger partial charge >= 0.3 is 0 Å². The highest BCUT2D eigenvalue weighted by atomic mass is 32.1. The predicted molar refractivity (Wildman–Crippen MR) is 124 cm³/mol. The van der Waals surface area contributed by atoms with Gasteiger partial charge in [0.1, 0.15) is 16.4 Å². The zero-order chi connectivity index (χ0) is 21.4. The van der Waals surface area contributed by atoms with Crippen molar-refractivity contribution in [1.29, 1.82) is 0 Å². The van der Waals surface area contributed by atoms with Gasteiger partial charge in [-0.1, -0.05) is 48.5 Å². The molecule has 4 rings (SSSR count). The predicted octanol–water partition coefficient (Wildman–Crippen LogP) is 5.70. The van der Waals surface area contributed by atoms with Crippen LogP contribution in [0, 0.1) is 20.8 Å². The summed E-state index contributed by atoms with van der Waals surface area (Å²) in [5, 5.41) is 0.643. The second-order valence-corrected chi connectivity index (χ2v) is 8.93. The Morgan fingerprint density at radius 1 is 1.00 bits per heavy atom. The van der Waals surface area contributed by atoms with Crippen molar-refractivity contribution in [3.05, 3.63) is 74.9 Å². The van der Waals surface area contributed by atoms with Gasteiger partial charge in [-0.25, -0.2) is 4.98 Å². The first-order chi connectivity index (χ1) is 14.4. The van der Waals surface area contributed by atoms with Gasteiger partial charge in [0.15, 0.2) is 0 Å². The number of hydrogen-bond donors (Lipinski definition) is 0. The molecule has 0 N–H and O–H groups in total. The number of fused-ring (bicyclic) bond motifs is 1. The van der Waals surface area contributed by atoms with Crippen LogP contribution in [0.1, 0.15) is 29.3 Å². The summed E-state index contributed by atoms with van der Waals surface area (Å²) in [4.78, 5) is 32.1. The lowest BCUT2D eigenvalue weighted by atomic mass is 9.99. The Morgan fingerprint density at radius 3 is 2.40 bits per heavy atom. The fourth-order valence-corrected chi connectivity index (χ4v) is 4.76. The van der Waals surface area contributed by atoms with E-state index in [0.29, 0.717) is 24.2 Å². The number of nitrogens with zero attached hydrogens (tertiary/aromatic N) is 2. The maximum absolute atomic E-state index is 13.7. The van der Waals surface area contributed by atoms with Crippen LogP contribution in [0.25, 0.3) is 32.7 Å². The van der Waals surface area contributed by atoms with Gasteiger partial charge in [-0.2, -0.15) is 0 Å². The second kappa shape index (κ2) is 8.00. The molecule has 30 heavy (non-hydrogen) atoms. The van der Waals surface area contributed by atoms with E-state index in [1.165, 1.54) is 11.1 Å². The van der Waals surface area contributed by atoms with Gasteiger partial charge in [0.25, 0.3) is 5.56 Å². The van der Waals surface area contributed by atoms with Gasteiger partial charge in [0.2, 0.25) is 0 Å². The van der Waals surface area contributed by atoms with Gasteiger partial charge in [0, 0.05) is 29.0 Å². The number of aromatic nitrogens is 2. The molecule has 4 aromatic rings. The summed E-state index contributed by atoms with van der Waals surface area (Å²) in [6, 6.07) is 16.0. The highest BCUT2D eigenvalue weighted by molar-refractivity contribution is 7.19. The minimum atomic E-state index is -0.0855. The Balaban J connectivity index is 2.02. The van der Waals surface area contributed by atoms with Gasteiger partial charge in [-0.15, -0.1) is 11.3 Å². The number of thiophene rings is 1. The third-order valence-electron chi connectivity index (χ3n) is 5.50. The SMILES string of the molecule is CC(=O)CCn1c(-c2ccccc2)nc2sc(C)c(-c3ccc(C)c(C)c3)c2c1=O. The lowest BCUT2D eigenvalue weighted by Gasteiger charge is -2.13. The van der Waals surface area contributed by atoms with E-state index in [0.717, 1.165) is 26.4 Å². The first-order valence-electron chi connectivity index (χ1n) is 10.0. The topological polar surface area (TPSA) is 52.0 Å². The molecule has 0 bridgehead atoms. The van der Waals surface area contributed by atoms with Crippen molar-refractivity contribution in [2.45, 2.75) is 40.7 Å². The van der Waals surface area contributed by atoms with Crippen molar-refractivity contribution in [1.82, 2.24) is 9.55 Å². The van der Waals surface area contributed by atoms with Crippen LogP contribution >= 0.6 is 11.3 Å². The van der Waals surface area contributed by atoms with Crippen LogP contribution in [0.5, 0.6) is 0 Å². The maximum Gasteiger partial charge on any atom is 0.263 e. The minimum Gasteiger partial charge on any atom is -0.300 e. The summed E-state index contributed by atoms with van der Waals surface area (Å²) in [5.41, 5.74) is 5.19. The molecular weight excluding hydrogens is 392 g/mol. The molecule has 0 aliphatic heterocycles. The molecule has 0 radical (unpaired) electrons. The lowest BCUT2D eigenvalue weighted by Crippen LogP contribution is -2.24. The fraction of sp³-hybridized carbons (Fsp3) is 0.240. The molecule has 152 valence electrons. The Labute approximate surface area is 179 Å². The maximum atomic E-state index is 13.7. The van der Waals surface area contributed by atoms with E-state index >= 15 is 0 Å². The van der Waals surface area contributed by atoms with Crippen molar-refractivity contribution >= 4 is 27.3 Å². The number of benzene rings is 2. The van der Waals surface area contributed by atoms with Gasteiger partial charge in [-0.3, -0.25) is 14.2 Å². The third-order valence-corrected chi connectivity index (χ3v) is 6.50. The van der Waals surface area contributed by atoms with E-state index in [1.807, 2.05) is 37.3 Å². The second-order valence-electron chi connectivity index (χ2n) is 7.72. The molecule has 0 aliphatic carbocycles. The molecule has 0 saturated heterocycles. The van der Waals surface area contributed by atoms with Gasteiger partial charge < -0.3 is 0 Å². The highest BCUT2D eigenvalue weighted by Gasteiger charge is 2.21. The Kier molecular flexibility index (Phi) is 5.39. The summed E-state index contributed by atoms with van der Waals surface area (Å²) in [5.74, 6) is 0.666. The summed E-state index contributed by atoms with van der Waals surface area (Å²) in [7, 11) is 0. The monoisotopic (exact) mass is 416 g/mol. The van der Waals surface area contributed by atoms with Gasteiger partial charge in [-0.05, 0) is 44.4 Å². The number of hydrogen-bond acceptors (Lipinski definition) is 4. The summed E-state index contributed by atoms with van der Waals surface area (Å²) >= 11 is 1.55. The van der Waals surface area contributed by atoms with Crippen LogP contribution in [0.15, 0.2) is 53.3 Å². The van der Waals surface area contributed by atoms with Crippen molar-refractivity contribution in [3.63, 3.8) is 0 Å². The van der Waals surface area contributed by atoms with Crippen molar-refractivity contribution < 1.29 is 4.79 Å². The number of Topliss-reactive ketones (excluding diaryl/α,β-unsaturated/α-hetero) is 1. The fourth-order valence-electron chi connectivity index (χ4n) is 3.72. The Morgan fingerprint density at radius 2 is 1.73 bits per heavy atom. The number of rotatable bonds is 5. The van der Waals surface area contributed by atoms with Crippen LogP contribution in [0.3, 0.4) is 0 Å². The standard InChI is InChI=1S/C25H24N2O2S/c1-15-10-11-20(14-16(15)2)21-18(4)30-24-22(21)25(29)27(13-12-17(3)28)23(26-24)19-8-6-5-7-9-19/h5-11,14H,12-13H2,1-4H3. The van der Waals surface area contributed by atoms with Crippen LogP contribution < -0.4 is 5.56 Å². The Bertz CT molecular complexity index is 1320. The summed E-state index contributed by atoms with van der Waals surface area (Å²) in [6.07, 6.45) is 0.301. The minimum absolute atomic E-state index is 0.0527. The zero-order valence-electron chi connectivity index (χ0n) is 17.7. The van der Waals surface area contributed by atoms with E-state index < -0.39 is 0 Å². The van der Waals surface area contributed by atoms with Crippen molar-refractivity contribution in [2.75, 3.05) is 0 Å². The molecule has 0 unspecified atom stereocenters. The van der Waals surface area contributed by atoms with Crippen LogP contribution in [0.4, 0.5) is 0 Å². The third kappa shape index (κ3) is 3.61. The van der Waals surface area contributed by atoms with Crippen molar-refractivity contribution in [3.8, 4) is 22.5 Å².